The molecule has 1 fully saturated rings. The van der Waals surface area contributed by atoms with Crippen molar-refractivity contribution in [1.82, 2.24) is 4.90 Å². The molecule has 0 spiro atoms. The van der Waals surface area contributed by atoms with Gasteiger partial charge in [-0.15, -0.1) is 6.42 Å². The lowest BCUT2D eigenvalue weighted by Crippen LogP contribution is -2.30. The van der Waals surface area contributed by atoms with E-state index in [0.29, 0.717) is 0 Å². The van der Waals surface area contributed by atoms with Crippen LogP contribution in [0.2, 0.25) is 5.02 Å². The second kappa shape index (κ2) is 5.39. The molecule has 0 bridgehead atoms. The van der Waals surface area contributed by atoms with E-state index in [1.807, 2.05) is 0 Å². The van der Waals surface area contributed by atoms with Crippen molar-refractivity contribution in [3.63, 3.8) is 0 Å². The lowest BCUT2D eigenvalue weighted by Gasteiger charge is -2.17. The number of carbonyl (C=O) groups is 2. The van der Waals surface area contributed by atoms with Crippen molar-refractivity contribution < 1.29 is 18.7 Å². The quantitative estimate of drug-likeness (QED) is 0.632. The van der Waals surface area contributed by atoms with Crippen molar-refractivity contribution in [2.24, 2.45) is 0 Å². The van der Waals surface area contributed by atoms with Crippen LogP contribution in [0.15, 0.2) is 12.1 Å². The molecule has 1 aliphatic heterocycles. The summed E-state index contributed by atoms with van der Waals surface area (Å²) < 4.78 is 19.1. The first-order valence-corrected chi connectivity index (χ1v) is 5.97. The van der Waals surface area contributed by atoms with Crippen LogP contribution in [-0.4, -0.2) is 37.0 Å². The molecular weight excluding hydrogens is 287 g/mol. The lowest BCUT2D eigenvalue weighted by atomic mass is 10.2. The molecule has 5 nitrogen and oxygen atoms in total. The number of likely N-dealkylation sites (N-methyl/N-ethyl adjacent to an activating group) is 1. The molecule has 2 rings (SSSR count). The van der Waals surface area contributed by atoms with E-state index in [1.54, 1.807) is 0 Å². The van der Waals surface area contributed by atoms with Gasteiger partial charge >= 0.3 is 6.03 Å². The third-order valence-electron chi connectivity index (χ3n) is 2.79. The van der Waals surface area contributed by atoms with Gasteiger partial charge in [-0.1, -0.05) is 17.5 Å². The van der Waals surface area contributed by atoms with Gasteiger partial charge in [-0.2, -0.15) is 0 Å². The van der Waals surface area contributed by atoms with Gasteiger partial charge in [0.15, 0.2) is 0 Å². The van der Waals surface area contributed by atoms with E-state index in [2.05, 4.69) is 5.92 Å². The fraction of sp³-hybridized carbons (Fsp3) is 0.231. The molecule has 0 unspecified atom stereocenters. The minimum absolute atomic E-state index is 0.0350. The summed E-state index contributed by atoms with van der Waals surface area (Å²) in [7, 11) is 1.33. The highest BCUT2D eigenvalue weighted by Crippen LogP contribution is 2.33. The molecule has 0 radical (unpaired) electrons. The van der Waals surface area contributed by atoms with E-state index in [1.165, 1.54) is 13.1 Å². The van der Waals surface area contributed by atoms with Crippen LogP contribution in [0.4, 0.5) is 14.9 Å². The van der Waals surface area contributed by atoms with Gasteiger partial charge in [0.25, 0.3) is 0 Å². The lowest BCUT2D eigenvalue weighted by molar-refractivity contribution is -0.123. The van der Waals surface area contributed by atoms with Crippen molar-refractivity contribution in [3.8, 4) is 18.1 Å². The second-order valence-corrected chi connectivity index (χ2v) is 4.46. The summed E-state index contributed by atoms with van der Waals surface area (Å²) in [5, 5.41) is 0.0350. The van der Waals surface area contributed by atoms with Gasteiger partial charge in [0.05, 0.1) is 10.7 Å². The number of urea groups is 1. The van der Waals surface area contributed by atoms with E-state index in [-0.39, 0.29) is 29.6 Å². The number of imide groups is 1. The number of terminal acetylenes is 1. The molecule has 1 aromatic carbocycles. The first-order chi connectivity index (χ1) is 9.45. The maximum atomic E-state index is 13.9. The number of halogens is 2. The summed E-state index contributed by atoms with van der Waals surface area (Å²) in [5.74, 6) is 1.26. The largest absolute Gasteiger partial charge is 0.479 e. The van der Waals surface area contributed by atoms with Crippen molar-refractivity contribution in [2.75, 3.05) is 25.1 Å². The van der Waals surface area contributed by atoms with Crippen LogP contribution in [0.3, 0.4) is 0 Å². The third kappa shape index (κ3) is 2.40. The van der Waals surface area contributed by atoms with Crippen molar-refractivity contribution in [1.29, 1.82) is 0 Å². The maximum absolute atomic E-state index is 13.9. The van der Waals surface area contributed by atoms with Crippen LogP contribution in [0, 0.1) is 18.2 Å². The smallest absolute Gasteiger partial charge is 0.331 e. The van der Waals surface area contributed by atoms with Gasteiger partial charge in [0.1, 0.15) is 24.7 Å². The van der Waals surface area contributed by atoms with Gasteiger partial charge in [0.2, 0.25) is 5.91 Å². The fourth-order valence-corrected chi connectivity index (χ4v) is 1.95. The van der Waals surface area contributed by atoms with E-state index in [0.717, 1.165) is 15.9 Å². The minimum atomic E-state index is -0.723. The number of amides is 3. The average Bonchev–Trinajstić information content (AvgIpc) is 2.66. The predicted octanol–water partition coefficient (Wildman–Crippen LogP) is 1.89. The Bertz CT molecular complexity index is 627. The van der Waals surface area contributed by atoms with Crippen LogP contribution in [0.5, 0.6) is 5.75 Å². The number of hydrogen-bond donors (Lipinski definition) is 0. The van der Waals surface area contributed by atoms with Crippen LogP contribution >= 0.6 is 11.6 Å². The molecule has 1 aromatic rings. The van der Waals surface area contributed by atoms with Crippen molar-refractivity contribution in [3.05, 3.63) is 23.0 Å². The Kier molecular flexibility index (Phi) is 3.81. The van der Waals surface area contributed by atoms with Crippen molar-refractivity contribution in [2.45, 2.75) is 0 Å². The van der Waals surface area contributed by atoms with Gasteiger partial charge in [-0.3, -0.25) is 14.6 Å². The SMILES string of the molecule is C#CCOc1cc(N2CC(=O)N(C)C2=O)c(F)cc1Cl. The molecule has 0 N–H and O–H groups in total. The molecule has 0 aromatic heterocycles. The number of carbonyl (C=O) groups excluding carboxylic acids is 2. The summed E-state index contributed by atoms with van der Waals surface area (Å²) in [6.07, 6.45) is 5.07. The summed E-state index contributed by atoms with van der Waals surface area (Å²) in [4.78, 5) is 25.2. The summed E-state index contributed by atoms with van der Waals surface area (Å²) >= 11 is 5.82. The number of ether oxygens (including phenoxy) is 1. The Labute approximate surface area is 119 Å². The minimum Gasteiger partial charge on any atom is -0.479 e. The zero-order valence-corrected chi connectivity index (χ0v) is 11.3. The molecule has 7 heteroatoms. The second-order valence-electron chi connectivity index (χ2n) is 4.05. The molecule has 104 valence electrons. The van der Waals surface area contributed by atoms with Gasteiger partial charge in [-0.25, -0.2) is 9.18 Å². The summed E-state index contributed by atoms with van der Waals surface area (Å²) in [6, 6.07) is 1.65. The summed E-state index contributed by atoms with van der Waals surface area (Å²) in [5.41, 5.74) is -0.0795. The molecule has 3 amide bonds. The Hall–Kier alpha value is -2.26. The Morgan fingerprint density at radius 1 is 1.50 bits per heavy atom. The predicted molar refractivity (Wildman–Crippen MR) is 71.3 cm³/mol. The molecule has 0 aliphatic carbocycles. The number of rotatable bonds is 3. The topological polar surface area (TPSA) is 49.9 Å². The normalized spacial score (nSPS) is 14.7. The van der Waals surface area contributed by atoms with Crippen LogP contribution < -0.4 is 9.64 Å². The number of benzene rings is 1. The number of anilines is 1. The highest BCUT2D eigenvalue weighted by atomic mass is 35.5. The van der Waals surface area contributed by atoms with Gasteiger partial charge < -0.3 is 4.74 Å². The molecular formula is C13H10ClFN2O3. The van der Waals surface area contributed by atoms with Crippen LogP contribution in [0.25, 0.3) is 0 Å². The first-order valence-electron chi connectivity index (χ1n) is 5.59. The van der Waals surface area contributed by atoms with E-state index in [9.17, 15) is 14.0 Å². The molecule has 1 heterocycles. The van der Waals surface area contributed by atoms with Crippen molar-refractivity contribution >= 4 is 29.2 Å². The maximum Gasteiger partial charge on any atom is 0.331 e. The fourth-order valence-electron chi connectivity index (χ4n) is 1.74. The number of hydrogen-bond acceptors (Lipinski definition) is 3. The highest BCUT2D eigenvalue weighted by molar-refractivity contribution is 6.32. The first kappa shape index (κ1) is 14.2. The zero-order chi connectivity index (χ0) is 14.9. The van der Waals surface area contributed by atoms with Crippen LogP contribution in [-0.2, 0) is 4.79 Å². The average molecular weight is 297 g/mol. The van der Waals surface area contributed by atoms with E-state index >= 15 is 0 Å². The molecule has 0 saturated carbocycles. The van der Waals surface area contributed by atoms with E-state index < -0.39 is 17.8 Å². The standard InChI is InChI=1S/C13H10ClFN2O3/c1-3-4-20-11-6-10(9(15)5-8(11)14)17-7-12(18)16(2)13(17)19/h1,5-6H,4,7H2,2H3. The zero-order valence-electron chi connectivity index (χ0n) is 10.5. The Balaban J connectivity index is 2.39. The van der Waals surface area contributed by atoms with Crippen LogP contribution in [0.1, 0.15) is 0 Å². The summed E-state index contributed by atoms with van der Waals surface area (Å²) in [6.45, 7) is -0.278. The van der Waals surface area contributed by atoms with Gasteiger partial charge in [-0.05, 0) is 6.07 Å². The molecule has 1 aliphatic rings. The molecule has 20 heavy (non-hydrogen) atoms. The monoisotopic (exact) mass is 296 g/mol. The Morgan fingerprint density at radius 3 is 2.75 bits per heavy atom. The van der Waals surface area contributed by atoms with Gasteiger partial charge in [0, 0.05) is 13.1 Å². The Morgan fingerprint density at radius 2 is 2.20 bits per heavy atom. The number of nitrogens with zero attached hydrogens (tertiary/aromatic N) is 2. The van der Waals surface area contributed by atoms with E-state index in [4.69, 9.17) is 22.8 Å². The molecule has 1 saturated heterocycles. The molecule has 0 atom stereocenters. The highest BCUT2D eigenvalue weighted by Gasteiger charge is 2.35. The third-order valence-corrected chi connectivity index (χ3v) is 3.08.